The second kappa shape index (κ2) is 11.5. The Bertz CT molecular complexity index is 630. The summed E-state index contributed by atoms with van der Waals surface area (Å²) in [5, 5.41) is 7.91. The van der Waals surface area contributed by atoms with Crippen molar-refractivity contribution >= 4 is 53.1 Å². The summed E-state index contributed by atoms with van der Waals surface area (Å²) < 4.78 is 0. The van der Waals surface area contributed by atoms with Crippen molar-refractivity contribution in [3.63, 3.8) is 0 Å². The van der Waals surface area contributed by atoms with Crippen LogP contribution in [0.3, 0.4) is 0 Å². The molecule has 0 bridgehead atoms. The maximum atomic E-state index is 6.17. The van der Waals surface area contributed by atoms with Gasteiger partial charge < -0.3 is 10.6 Å². The standard InChI is InChI=1S/C17H20Cl2N4.HI/c1-20-17(22-11-8-13-5-2-3-10-21-13)23-12-9-14-15(18)6-4-7-16(14)19;/h2-7,10H,8-9,11-12H2,1H3,(H2,20,22,23);1H. The van der Waals surface area contributed by atoms with Gasteiger partial charge in [0.15, 0.2) is 5.96 Å². The van der Waals surface area contributed by atoms with Crippen LogP contribution in [0.2, 0.25) is 10.0 Å². The molecule has 0 atom stereocenters. The fourth-order valence-electron chi connectivity index (χ4n) is 2.15. The number of aromatic nitrogens is 1. The van der Waals surface area contributed by atoms with Crippen molar-refractivity contribution in [1.29, 1.82) is 0 Å². The molecule has 0 unspecified atom stereocenters. The SMILES string of the molecule is CN=C(NCCc1ccccn1)NCCc1c(Cl)cccc1Cl.I. The van der Waals surface area contributed by atoms with Gasteiger partial charge in [0.25, 0.3) is 0 Å². The van der Waals surface area contributed by atoms with Gasteiger partial charge in [-0.1, -0.05) is 35.3 Å². The second-order valence-electron chi connectivity index (χ2n) is 4.95. The molecule has 4 nitrogen and oxygen atoms in total. The molecule has 2 N–H and O–H groups in total. The molecule has 7 heteroatoms. The molecule has 0 aliphatic rings. The summed E-state index contributed by atoms with van der Waals surface area (Å²) >= 11 is 12.3. The number of aliphatic imine (C=N–C) groups is 1. The molecule has 1 aromatic heterocycles. The fourth-order valence-corrected chi connectivity index (χ4v) is 2.74. The summed E-state index contributed by atoms with van der Waals surface area (Å²) in [7, 11) is 1.75. The lowest BCUT2D eigenvalue weighted by Gasteiger charge is -2.12. The minimum absolute atomic E-state index is 0. The first-order chi connectivity index (χ1) is 11.2. The third-order valence-electron chi connectivity index (χ3n) is 3.35. The molecule has 1 heterocycles. The van der Waals surface area contributed by atoms with E-state index in [2.05, 4.69) is 20.6 Å². The molecule has 0 aliphatic heterocycles. The number of nitrogens with one attached hydrogen (secondary N) is 2. The average Bonchev–Trinajstić information content (AvgIpc) is 2.57. The van der Waals surface area contributed by atoms with Gasteiger partial charge in [-0.05, 0) is 36.2 Å². The lowest BCUT2D eigenvalue weighted by molar-refractivity contribution is 0.776. The van der Waals surface area contributed by atoms with Crippen LogP contribution in [0.1, 0.15) is 11.3 Å². The third kappa shape index (κ3) is 6.83. The minimum Gasteiger partial charge on any atom is -0.356 e. The molecule has 2 rings (SSSR count). The lowest BCUT2D eigenvalue weighted by Crippen LogP contribution is -2.39. The first kappa shape index (κ1) is 21.0. The predicted octanol–water partition coefficient (Wildman–Crippen LogP) is 3.96. The summed E-state index contributed by atoms with van der Waals surface area (Å²) in [5.74, 6) is 0.754. The minimum atomic E-state index is 0. The maximum absolute atomic E-state index is 6.17. The van der Waals surface area contributed by atoms with Crippen molar-refractivity contribution in [2.24, 2.45) is 4.99 Å². The molecule has 0 amide bonds. The number of rotatable bonds is 6. The van der Waals surface area contributed by atoms with Crippen LogP contribution in [0.4, 0.5) is 0 Å². The molecule has 0 fully saturated rings. The summed E-state index contributed by atoms with van der Waals surface area (Å²) in [5.41, 5.74) is 2.01. The summed E-state index contributed by atoms with van der Waals surface area (Å²) in [6.45, 7) is 1.47. The molecule has 2 aromatic rings. The average molecular weight is 479 g/mol. The number of nitrogens with zero attached hydrogens (tertiary/aromatic N) is 2. The first-order valence-corrected chi connectivity index (χ1v) is 8.23. The number of hydrogen-bond donors (Lipinski definition) is 2. The lowest BCUT2D eigenvalue weighted by atomic mass is 10.1. The van der Waals surface area contributed by atoms with Gasteiger partial charge in [0.2, 0.25) is 0 Å². The van der Waals surface area contributed by atoms with Gasteiger partial charge in [-0.3, -0.25) is 9.98 Å². The van der Waals surface area contributed by atoms with Crippen molar-refractivity contribution in [2.75, 3.05) is 20.1 Å². The zero-order valence-corrected chi connectivity index (χ0v) is 17.3. The molecule has 1 aromatic carbocycles. The Morgan fingerprint density at radius 3 is 2.25 bits per heavy atom. The van der Waals surface area contributed by atoms with Crippen LogP contribution in [0.15, 0.2) is 47.6 Å². The van der Waals surface area contributed by atoms with Gasteiger partial charge in [0.1, 0.15) is 0 Å². The topological polar surface area (TPSA) is 49.3 Å². The summed E-state index contributed by atoms with van der Waals surface area (Å²) in [6, 6.07) is 11.5. The van der Waals surface area contributed by atoms with E-state index in [1.165, 1.54) is 0 Å². The van der Waals surface area contributed by atoms with E-state index >= 15 is 0 Å². The Morgan fingerprint density at radius 1 is 1.00 bits per heavy atom. The third-order valence-corrected chi connectivity index (χ3v) is 4.06. The molecule has 130 valence electrons. The first-order valence-electron chi connectivity index (χ1n) is 7.48. The van der Waals surface area contributed by atoms with Gasteiger partial charge in [-0.15, -0.1) is 24.0 Å². The Labute approximate surface area is 170 Å². The van der Waals surface area contributed by atoms with Crippen molar-refractivity contribution in [3.8, 4) is 0 Å². The zero-order valence-electron chi connectivity index (χ0n) is 13.4. The van der Waals surface area contributed by atoms with Crippen molar-refractivity contribution in [3.05, 3.63) is 63.9 Å². The van der Waals surface area contributed by atoms with E-state index < -0.39 is 0 Å². The van der Waals surface area contributed by atoms with Gasteiger partial charge in [-0.2, -0.15) is 0 Å². The summed E-state index contributed by atoms with van der Waals surface area (Å²) in [4.78, 5) is 8.50. The number of hydrogen-bond acceptors (Lipinski definition) is 2. The Kier molecular flexibility index (Phi) is 10.1. The fraction of sp³-hybridized carbons (Fsp3) is 0.294. The predicted molar refractivity (Wildman–Crippen MR) is 113 cm³/mol. The molecule has 0 saturated heterocycles. The molecule has 0 saturated carbocycles. The maximum Gasteiger partial charge on any atom is 0.190 e. The second-order valence-corrected chi connectivity index (χ2v) is 5.76. The largest absolute Gasteiger partial charge is 0.356 e. The van der Waals surface area contributed by atoms with E-state index in [1.54, 1.807) is 13.2 Å². The highest BCUT2D eigenvalue weighted by Crippen LogP contribution is 2.24. The van der Waals surface area contributed by atoms with E-state index in [0.717, 1.165) is 36.6 Å². The van der Waals surface area contributed by atoms with Crippen molar-refractivity contribution < 1.29 is 0 Å². The quantitative estimate of drug-likeness (QED) is 0.375. The molecular formula is C17H21Cl2IN4. The van der Waals surface area contributed by atoms with E-state index in [4.69, 9.17) is 23.2 Å². The monoisotopic (exact) mass is 478 g/mol. The van der Waals surface area contributed by atoms with Gasteiger partial charge in [0, 0.05) is 48.5 Å². The number of pyridine rings is 1. The number of benzene rings is 1. The molecule has 0 radical (unpaired) electrons. The van der Waals surface area contributed by atoms with Gasteiger partial charge in [0.05, 0.1) is 0 Å². The van der Waals surface area contributed by atoms with Crippen molar-refractivity contribution in [1.82, 2.24) is 15.6 Å². The number of halogens is 3. The Morgan fingerprint density at radius 2 is 1.67 bits per heavy atom. The normalized spacial score (nSPS) is 10.9. The highest BCUT2D eigenvalue weighted by molar-refractivity contribution is 14.0. The van der Waals surface area contributed by atoms with Gasteiger partial charge >= 0.3 is 0 Å². The summed E-state index contributed by atoms with van der Waals surface area (Å²) in [6.07, 6.45) is 3.38. The van der Waals surface area contributed by atoms with Crippen LogP contribution in [-0.4, -0.2) is 31.1 Å². The van der Waals surface area contributed by atoms with E-state index in [9.17, 15) is 0 Å². The van der Waals surface area contributed by atoms with Crippen LogP contribution < -0.4 is 10.6 Å². The van der Waals surface area contributed by atoms with Crippen LogP contribution in [0.25, 0.3) is 0 Å². The smallest absolute Gasteiger partial charge is 0.190 e. The highest BCUT2D eigenvalue weighted by atomic mass is 127. The van der Waals surface area contributed by atoms with Crippen LogP contribution in [-0.2, 0) is 12.8 Å². The van der Waals surface area contributed by atoms with Gasteiger partial charge in [-0.25, -0.2) is 0 Å². The molecule has 0 aliphatic carbocycles. The van der Waals surface area contributed by atoms with Crippen LogP contribution in [0, 0.1) is 0 Å². The zero-order chi connectivity index (χ0) is 16.5. The molecule has 0 spiro atoms. The van der Waals surface area contributed by atoms with E-state index in [-0.39, 0.29) is 24.0 Å². The number of guanidine groups is 1. The van der Waals surface area contributed by atoms with Crippen LogP contribution >= 0.6 is 47.2 Å². The molecule has 24 heavy (non-hydrogen) atoms. The van der Waals surface area contributed by atoms with E-state index in [0.29, 0.717) is 16.6 Å². The highest BCUT2D eigenvalue weighted by Gasteiger charge is 2.05. The van der Waals surface area contributed by atoms with Crippen LogP contribution in [0.5, 0.6) is 0 Å². The Hall–Kier alpha value is -1.05. The van der Waals surface area contributed by atoms with Crippen molar-refractivity contribution in [2.45, 2.75) is 12.8 Å². The molecular weight excluding hydrogens is 458 g/mol. The van der Waals surface area contributed by atoms with E-state index in [1.807, 2.05) is 36.4 Å². The Balaban J connectivity index is 0.00000288.